The van der Waals surface area contributed by atoms with Crippen LogP contribution in [0.1, 0.15) is 84.0 Å². The maximum Gasteiger partial charge on any atom is 0.132 e. The number of nitrogens with zero attached hydrogens (tertiary/aromatic N) is 4. The molecule has 4 aromatic rings. The number of benzene rings is 3. The molecular weight excluding hydrogens is 464 g/mol. The van der Waals surface area contributed by atoms with Gasteiger partial charge in [0.05, 0.1) is 0 Å². The zero-order chi connectivity index (χ0) is 27.9. The van der Waals surface area contributed by atoms with E-state index in [0.29, 0.717) is 0 Å². The van der Waals surface area contributed by atoms with Gasteiger partial charge in [0.15, 0.2) is 0 Å². The zero-order valence-corrected chi connectivity index (χ0v) is 25.0. The van der Waals surface area contributed by atoms with Gasteiger partial charge in [-0.05, 0) is 65.1 Å². The molecule has 204 valence electrons. The van der Waals surface area contributed by atoms with Gasteiger partial charge in [0, 0.05) is 19.3 Å². The van der Waals surface area contributed by atoms with Gasteiger partial charge in [-0.1, -0.05) is 110 Å². The van der Waals surface area contributed by atoms with Crippen molar-refractivity contribution >= 4 is 10.8 Å². The third kappa shape index (κ3) is 8.46. The van der Waals surface area contributed by atoms with E-state index in [-0.39, 0.29) is 0 Å². The van der Waals surface area contributed by atoms with E-state index in [1.165, 1.54) is 52.7 Å². The minimum atomic E-state index is 0.891. The Bertz CT molecular complexity index is 1180. The van der Waals surface area contributed by atoms with Crippen molar-refractivity contribution in [2.75, 3.05) is 19.6 Å². The van der Waals surface area contributed by atoms with Crippen molar-refractivity contribution in [2.45, 2.75) is 81.1 Å². The molecule has 1 aliphatic rings. The van der Waals surface area contributed by atoms with Crippen LogP contribution in [0.5, 0.6) is 0 Å². The lowest BCUT2D eigenvalue weighted by molar-refractivity contribution is 0.321. The van der Waals surface area contributed by atoms with E-state index in [4.69, 9.17) is 0 Å². The van der Waals surface area contributed by atoms with Crippen molar-refractivity contribution in [2.24, 2.45) is 0 Å². The molecule has 1 aromatic heterocycles. The van der Waals surface area contributed by atoms with Gasteiger partial charge >= 0.3 is 0 Å². The van der Waals surface area contributed by atoms with Crippen LogP contribution in [0.2, 0.25) is 0 Å². The zero-order valence-electron chi connectivity index (χ0n) is 25.0. The highest BCUT2D eigenvalue weighted by atomic mass is 15.1. The molecule has 3 aromatic carbocycles. The summed E-state index contributed by atoms with van der Waals surface area (Å²) in [5.74, 6) is 2.75. The first-order chi connectivity index (χ1) is 18.6. The van der Waals surface area contributed by atoms with E-state index >= 15 is 0 Å². The van der Waals surface area contributed by atoms with Crippen molar-refractivity contribution in [1.29, 1.82) is 0 Å². The van der Waals surface area contributed by atoms with Crippen molar-refractivity contribution in [3.05, 3.63) is 89.3 Å². The van der Waals surface area contributed by atoms with Crippen LogP contribution in [0.3, 0.4) is 0 Å². The topological polar surface area (TPSA) is 41.9 Å². The fraction of sp³-hybridized carbons (Fsp3) is 0.441. The molecule has 0 aliphatic heterocycles. The molecule has 1 heterocycles. The van der Waals surface area contributed by atoms with Crippen molar-refractivity contribution in [3.63, 3.8) is 0 Å². The van der Waals surface area contributed by atoms with Crippen LogP contribution in [0.25, 0.3) is 21.9 Å². The van der Waals surface area contributed by atoms with Crippen LogP contribution >= 0.6 is 0 Å². The van der Waals surface area contributed by atoms with Gasteiger partial charge in [0.1, 0.15) is 17.5 Å². The molecule has 0 saturated carbocycles. The third-order valence-corrected chi connectivity index (χ3v) is 6.72. The van der Waals surface area contributed by atoms with E-state index < -0.39 is 0 Å². The number of rotatable bonds is 6. The first-order valence-electron chi connectivity index (χ1n) is 14.6. The Hall–Kier alpha value is -3.11. The van der Waals surface area contributed by atoms with Crippen LogP contribution in [-0.4, -0.2) is 39.5 Å². The highest BCUT2D eigenvalue weighted by Crippen LogP contribution is 2.38. The SMILES string of the molecule is CC.CCN(CC)CC.CCc1nc(CC)nc(CC)n1.c1ccc2c(c1)Cc1cc3ccccc3cc1-2. The minimum Gasteiger partial charge on any atom is -0.304 e. The highest BCUT2D eigenvalue weighted by Gasteiger charge is 2.17. The molecule has 4 nitrogen and oxygen atoms in total. The Morgan fingerprint density at radius 3 is 1.45 bits per heavy atom. The molecule has 5 rings (SSSR count). The molecule has 0 saturated heterocycles. The molecule has 0 N–H and O–H groups in total. The minimum absolute atomic E-state index is 0.891. The summed E-state index contributed by atoms with van der Waals surface area (Å²) in [6, 6.07) is 22.0. The van der Waals surface area contributed by atoms with Crippen LogP contribution < -0.4 is 0 Å². The van der Waals surface area contributed by atoms with E-state index in [1.807, 2.05) is 13.8 Å². The van der Waals surface area contributed by atoms with Crippen molar-refractivity contribution in [3.8, 4) is 11.1 Å². The second-order valence-corrected chi connectivity index (χ2v) is 8.95. The maximum absolute atomic E-state index is 4.30. The summed E-state index contributed by atoms with van der Waals surface area (Å²) in [5, 5.41) is 2.68. The van der Waals surface area contributed by atoms with Gasteiger partial charge in [0.25, 0.3) is 0 Å². The third-order valence-electron chi connectivity index (χ3n) is 6.72. The molecule has 0 radical (unpaired) electrons. The number of hydrogen-bond acceptors (Lipinski definition) is 4. The predicted octanol–water partition coefficient (Wildman–Crippen LogP) is 8.34. The molecule has 0 atom stereocenters. The average Bonchev–Trinajstić information content (AvgIpc) is 3.35. The van der Waals surface area contributed by atoms with Crippen LogP contribution in [0, 0.1) is 0 Å². The molecule has 0 unspecified atom stereocenters. The van der Waals surface area contributed by atoms with E-state index in [2.05, 4.69) is 122 Å². The summed E-state index contributed by atoms with van der Waals surface area (Å²) in [7, 11) is 0. The molecular formula is C34H48N4. The summed E-state index contributed by atoms with van der Waals surface area (Å²) in [5.41, 5.74) is 5.75. The molecule has 0 bridgehead atoms. The lowest BCUT2D eigenvalue weighted by atomic mass is 10.0. The Morgan fingerprint density at radius 1 is 0.553 bits per heavy atom. The predicted molar refractivity (Wildman–Crippen MR) is 165 cm³/mol. The summed E-state index contributed by atoms with van der Waals surface area (Å²) in [4.78, 5) is 15.3. The van der Waals surface area contributed by atoms with Gasteiger partial charge in [0.2, 0.25) is 0 Å². The molecule has 0 fully saturated rings. The molecule has 38 heavy (non-hydrogen) atoms. The van der Waals surface area contributed by atoms with E-state index in [0.717, 1.165) is 43.2 Å². The molecule has 0 amide bonds. The first kappa shape index (κ1) is 31.1. The summed E-state index contributed by atoms with van der Waals surface area (Å²) < 4.78 is 0. The highest BCUT2D eigenvalue weighted by molar-refractivity contribution is 5.91. The fourth-order valence-corrected chi connectivity index (χ4v) is 4.49. The Kier molecular flexibility index (Phi) is 13.7. The Balaban J connectivity index is 0.000000213. The van der Waals surface area contributed by atoms with Gasteiger partial charge in [-0.2, -0.15) is 0 Å². The quantitative estimate of drug-likeness (QED) is 0.229. The molecule has 4 heteroatoms. The van der Waals surface area contributed by atoms with Gasteiger partial charge < -0.3 is 4.90 Å². The summed E-state index contributed by atoms with van der Waals surface area (Å²) in [6.45, 7) is 20.3. The van der Waals surface area contributed by atoms with E-state index in [1.54, 1.807) is 0 Å². The van der Waals surface area contributed by atoms with Crippen molar-refractivity contribution in [1.82, 2.24) is 19.9 Å². The Labute approximate surface area is 231 Å². The average molecular weight is 513 g/mol. The lowest BCUT2D eigenvalue weighted by Crippen LogP contribution is -2.21. The standard InChI is InChI=1S/C17H12.C9H15N3.C6H15N.C2H6/c1-2-6-13-11-17-15(9-12(13)5-1)10-14-7-3-4-8-16(14)17;1-4-7-10-8(5-2)12-9(6-3)11-7;1-4-7(5-2)6-3;1-2/h1-9,11H,10H2;4-6H2,1-3H3;4-6H2,1-3H3;1-2H3. The largest absolute Gasteiger partial charge is 0.304 e. The van der Waals surface area contributed by atoms with E-state index in [9.17, 15) is 0 Å². The summed E-state index contributed by atoms with van der Waals surface area (Å²) >= 11 is 0. The number of aromatic nitrogens is 3. The first-order valence-corrected chi connectivity index (χ1v) is 14.6. The van der Waals surface area contributed by atoms with Gasteiger partial charge in [-0.15, -0.1) is 0 Å². The normalized spacial score (nSPS) is 10.9. The van der Waals surface area contributed by atoms with Crippen LogP contribution in [-0.2, 0) is 25.7 Å². The maximum atomic E-state index is 4.30. The van der Waals surface area contributed by atoms with Crippen LogP contribution in [0.4, 0.5) is 0 Å². The summed E-state index contributed by atoms with van der Waals surface area (Å²) in [6.07, 6.45) is 3.75. The lowest BCUT2D eigenvalue weighted by Gasteiger charge is -2.13. The van der Waals surface area contributed by atoms with Gasteiger partial charge in [-0.25, -0.2) is 15.0 Å². The Morgan fingerprint density at radius 2 is 1.00 bits per heavy atom. The molecule has 1 aliphatic carbocycles. The second kappa shape index (κ2) is 16.7. The smallest absolute Gasteiger partial charge is 0.132 e. The number of aryl methyl sites for hydroxylation is 3. The van der Waals surface area contributed by atoms with Crippen LogP contribution in [0.15, 0.2) is 60.7 Å². The number of fused-ring (bicyclic) bond motifs is 4. The molecule has 0 spiro atoms. The monoisotopic (exact) mass is 512 g/mol. The second-order valence-electron chi connectivity index (χ2n) is 8.95. The number of hydrogen-bond donors (Lipinski definition) is 0. The van der Waals surface area contributed by atoms with Gasteiger partial charge in [-0.3, -0.25) is 0 Å². The fourth-order valence-electron chi connectivity index (χ4n) is 4.49. The van der Waals surface area contributed by atoms with Crippen molar-refractivity contribution < 1.29 is 0 Å².